The Morgan fingerprint density at radius 2 is 1.75 bits per heavy atom. The van der Waals surface area contributed by atoms with Crippen LogP contribution in [0.2, 0.25) is 0 Å². The summed E-state index contributed by atoms with van der Waals surface area (Å²) in [6.45, 7) is 9.89. The molecule has 2 fully saturated rings. The molecule has 0 unspecified atom stereocenters. The number of benzene rings is 1. The molecule has 2 aliphatic rings. The van der Waals surface area contributed by atoms with E-state index in [-0.39, 0.29) is 43.6 Å². The topological polar surface area (TPSA) is 167 Å². The van der Waals surface area contributed by atoms with Crippen molar-refractivity contribution in [1.29, 1.82) is 0 Å². The van der Waals surface area contributed by atoms with Gasteiger partial charge in [-0.05, 0) is 36.8 Å². The molecule has 0 radical (unpaired) electrons. The molecule has 9 atom stereocenters. The third-order valence-corrected chi connectivity index (χ3v) is 10.9. The van der Waals surface area contributed by atoms with E-state index in [1.54, 1.807) is 57.0 Å². The molecule has 292 valence electrons. The first-order valence-electron chi connectivity index (χ1n) is 18.5. The first kappa shape index (κ1) is 42.8. The van der Waals surface area contributed by atoms with Gasteiger partial charge in [0.05, 0.1) is 36.6 Å². The van der Waals surface area contributed by atoms with Gasteiger partial charge in [-0.3, -0.25) is 19.2 Å². The minimum Gasteiger partial charge on any atom is -0.480 e. The Labute approximate surface area is 307 Å². The molecule has 0 spiro atoms. The van der Waals surface area contributed by atoms with Gasteiger partial charge in [0.25, 0.3) is 5.91 Å². The van der Waals surface area contributed by atoms with E-state index >= 15 is 4.39 Å². The van der Waals surface area contributed by atoms with E-state index in [9.17, 15) is 29.1 Å². The van der Waals surface area contributed by atoms with Crippen molar-refractivity contribution in [2.24, 2.45) is 17.8 Å². The second-order valence-corrected chi connectivity index (χ2v) is 14.8. The minimum atomic E-state index is -2.09. The number of ether oxygens (including phenoxy) is 2. The van der Waals surface area contributed by atoms with E-state index in [2.05, 4.69) is 16.0 Å². The number of amides is 4. The molecule has 0 aromatic heterocycles. The number of rotatable bonds is 19. The van der Waals surface area contributed by atoms with Crippen LogP contribution in [0.5, 0.6) is 0 Å². The molecule has 13 nitrogen and oxygen atoms in total. The Hall–Kier alpha value is -3.62. The largest absolute Gasteiger partial charge is 0.480 e. The molecular weight excluding hydrogens is 673 g/mol. The van der Waals surface area contributed by atoms with Gasteiger partial charge in [-0.2, -0.15) is 0 Å². The number of alkyl halides is 1. The van der Waals surface area contributed by atoms with Crippen LogP contribution in [-0.2, 0) is 39.9 Å². The summed E-state index contributed by atoms with van der Waals surface area (Å²) in [7, 11) is 4.60. The number of methoxy groups -OCH3 is 2. The van der Waals surface area contributed by atoms with Crippen molar-refractivity contribution in [2.45, 2.75) is 115 Å². The van der Waals surface area contributed by atoms with Crippen LogP contribution in [0.4, 0.5) is 4.39 Å². The number of hydrogen-bond donors (Lipinski definition) is 4. The van der Waals surface area contributed by atoms with Crippen molar-refractivity contribution in [2.75, 3.05) is 40.9 Å². The fourth-order valence-corrected chi connectivity index (χ4v) is 7.52. The zero-order valence-corrected chi connectivity index (χ0v) is 32.0. The van der Waals surface area contributed by atoms with Crippen molar-refractivity contribution in [3.8, 4) is 0 Å². The van der Waals surface area contributed by atoms with Crippen LogP contribution in [0.3, 0.4) is 0 Å². The van der Waals surface area contributed by atoms with Gasteiger partial charge in [0, 0.05) is 47.2 Å². The Morgan fingerprint density at radius 3 is 2.29 bits per heavy atom. The van der Waals surface area contributed by atoms with Crippen molar-refractivity contribution >= 4 is 29.6 Å². The van der Waals surface area contributed by atoms with Crippen molar-refractivity contribution in [3.63, 3.8) is 0 Å². The number of nitrogens with one attached hydrogen (secondary N) is 3. The van der Waals surface area contributed by atoms with Crippen LogP contribution < -0.4 is 16.0 Å². The summed E-state index contributed by atoms with van der Waals surface area (Å²) >= 11 is 0. The highest BCUT2D eigenvalue weighted by Gasteiger charge is 2.46. The fourth-order valence-electron chi connectivity index (χ4n) is 7.52. The summed E-state index contributed by atoms with van der Waals surface area (Å²) < 4.78 is 27.0. The smallest absolute Gasteiger partial charge is 0.326 e. The first-order chi connectivity index (χ1) is 24.6. The minimum absolute atomic E-state index is 0.0268. The molecule has 2 saturated heterocycles. The Bertz CT molecular complexity index is 1360. The van der Waals surface area contributed by atoms with Gasteiger partial charge >= 0.3 is 5.97 Å². The molecule has 1 aromatic carbocycles. The lowest BCUT2D eigenvalue weighted by Crippen LogP contribution is -2.59. The molecule has 4 N–H and O–H groups in total. The van der Waals surface area contributed by atoms with Gasteiger partial charge in [-0.15, -0.1) is 0 Å². The molecular formula is C38H60FN5O8. The van der Waals surface area contributed by atoms with Gasteiger partial charge in [0.2, 0.25) is 23.4 Å². The monoisotopic (exact) mass is 733 g/mol. The highest BCUT2D eigenvalue weighted by Crippen LogP contribution is 2.30. The SMILES string of the molecule is CC[C@H](C)[C@@H]([C@@H](CC(=O)N1CCC[C@H]1[C@H](OC)[C@@H](C)C(=O)N[C@@H](Cc1ccccc1)C(=O)O)OC)N(C)C(=O)[C@@H](NC(=O)[C@]1(F)CCNC1)C(C)C. The predicted octanol–water partition coefficient (Wildman–Crippen LogP) is 2.56. The lowest BCUT2D eigenvalue weighted by molar-refractivity contribution is -0.148. The Morgan fingerprint density at radius 1 is 1.08 bits per heavy atom. The number of aliphatic carboxylic acids is 1. The molecule has 1 aromatic rings. The maximum absolute atomic E-state index is 15.3. The molecule has 0 bridgehead atoms. The number of likely N-dealkylation sites (N-methyl/N-ethyl adjacent to an activating group) is 1. The number of carbonyl (C=O) groups excluding carboxylic acids is 4. The predicted molar refractivity (Wildman–Crippen MR) is 194 cm³/mol. The van der Waals surface area contributed by atoms with Crippen LogP contribution >= 0.6 is 0 Å². The first-order valence-corrected chi connectivity index (χ1v) is 18.5. The number of carbonyl (C=O) groups is 5. The van der Waals surface area contributed by atoms with Crippen molar-refractivity contribution in [3.05, 3.63) is 35.9 Å². The maximum atomic E-state index is 15.3. The summed E-state index contributed by atoms with van der Waals surface area (Å²) in [5.41, 5.74) is -1.32. The van der Waals surface area contributed by atoms with Crippen LogP contribution in [0, 0.1) is 17.8 Å². The summed E-state index contributed by atoms with van der Waals surface area (Å²) in [6, 6.07) is 5.90. The second kappa shape index (κ2) is 19.5. The van der Waals surface area contributed by atoms with Gasteiger partial charge < -0.3 is 40.3 Å². The second-order valence-electron chi connectivity index (χ2n) is 14.8. The lowest BCUT2D eigenvalue weighted by atomic mass is 9.89. The highest BCUT2D eigenvalue weighted by molar-refractivity contribution is 5.92. The number of carboxylic acid groups (broad SMARTS) is 1. The normalized spacial score (nSPS) is 22.9. The van der Waals surface area contributed by atoms with Crippen LogP contribution in [0.25, 0.3) is 0 Å². The Kier molecular flexibility index (Phi) is 16.0. The summed E-state index contributed by atoms with van der Waals surface area (Å²) in [4.78, 5) is 69.8. The third kappa shape index (κ3) is 10.5. The lowest BCUT2D eigenvalue weighted by Gasteiger charge is -2.41. The molecule has 2 heterocycles. The van der Waals surface area contributed by atoms with Gasteiger partial charge in [-0.25, -0.2) is 9.18 Å². The zero-order chi connectivity index (χ0) is 38.7. The van der Waals surface area contributed by atoms with E-state index in [1.165, 1.54) is 19.1 Å². The number of halogens is 1. The van der Waals surface area contributed by atoms with E-state index in [0.717, 1.165) is 5.56 Å². The van der Waals surface area contributed by atoms with E-state index < -0.39 is 71.7 Å². The zero-order valence-electron chi connectivity index (χ0n) is 32.0. The summed E-state index contributed by atoms with van der Waals surface area (Å²) in [5.74, 6) is -4.31. The van der Waals surface area contributed by atoms with Gasteiger partial charge in [0.1, 0.15) is 12.1 Å². The number of hydrogen-bond acceptors (Lipinski definition) is 8. The van der Waals surface area contributed by atoms with Crippen molar-refractivity contribution in [1.82, 2.24) is 25.8 Å². The summed E-state index contributed by atoms with van der Waals surface area (Å²) in [6.07, 6.45) is 0.585. The van der Waals surface area contributed by atoms with Gasteiger partial charge in [-0.1, -0.05) is 71.4 Å². The number of likely N-dealkylation sites (tertiary alicyclic amines) is 1. The van der Waals surface area contributed by atoms with Crippen LogP contribution in [0.15, 0.2) is 30.3 Å². The van der Waals surface area contributed by atoms with Crippen molar-refractivity contribution < 1.29 is 42.9 Å². The fraction of sp³-hybridized carbons (Fsp3) is 0.711. The molecule has 0 aliphatic carbocycles. The van der Waals surface area contributed by atoms with Gasteiger partial charge in [0.15, 0.2) is 0 Å². The van der Waals surface area contributed by atoms with E-state index in [1.807, 2.05) is 19.9 Å². The van der Waals surface area contributed by atoms with Crippen LogP contribution in [-0.4, -0.2) is 127 Å². The Balaban J connectivity index is 1.76. The molecule has 3 rings (SSSR count). The number of nitrogens with zero attached hydrogens (tertiary/aromatic N) is 2. The molecule has 14 heteroatoms. The molecule has 4 amide bonds. The highest BCUT2D eigenvalue weighted by atomic mass is 19.1. The standard InChI is InChI=1S/C38H60FN5O8/c1-9-24(4)32(43(6)35(47)31(23(2)3)42-37(50)38(39)17-18-40-22-38)29(51-7)21-30(45)44-19-13-16-28(44)33(52-8)25(5)34(46)41-27(36(48)49)20-26-14-11-10-12-15-26/h10-12,14-15,23-25,27-29,31-33,40H,9,13,16-22H2,1-8H3,(H,41,46)(H,42,50)(H,48,49)/t24-,25+,27-,28-,29+,31-,32-,33+,38-/m0/s1. The molecule has 0 saturated carbocycles. The van der Waals surface area contributed by atoms with E-state index in [0.29, 0.717) is 32.4 Å². The van der Waals surface area contributed by atoms with Crippen LogP contribution in [0.1, 0.15) is 72.3 Å². The number of carboxylic acids is 1. The van der Waals surface area contributed by atoms with E-state index in [4.69, 9.17) is 9.47 Å². The molecule has 52 heavy (non-hydrogen) atoms. The molecule has 2 aliphatic heterocycles. The average Bonchev–Trinajstić information content (AvgIpc) is 3.80. The summed E-state index contributed by atoms with van der Waals surface area (Å²) in [5, 5.41) is 18.0. The average molecular weight is 734 g/mol. The maximum Gasteiger partial charge on any atom is 0.326 e. The quantitative estimate of drug-likeness (QED) is 0.167. The third-order valence-electron chi connectivity index (χ3n) is 10.9.